The number of ether oxygens (including phenoxy) is 2. The van der Waals surface area contributed by atoms with Gasteiger partial charge in [-0.2, -0.15) is 0 Å². The lowest BCUT2D eigenvalue weighted by Crippen LogP contribution is -2.39. The molecule has 0 aliphatic carbocycles. The van der Waals surface area contributed by atoms with Gasteiger partial charge in [-0.1, -0.05) is 12.1 Å². The molecule has 0 saturated heterocycles. The zero-order valence-electron chi connectivity index (χ0n) is 16.7. The zero-order chi connectivity index (χ0) is 20.2. The van der Waals surface area contributed by atoms with Crippen LogP contribution in [0.25, 0.3) is 11.3 Å². The van der Waals surface area contributed by atoms with Crippen LogP contribution in [-0.2, 0) is 4.79 Å². The predicted molar refractivity (Wildman–Crippen MR) is 116 cm³/mol. The minimum atomic E-state index is -0.0105. The molecule has 1 amide bonds. The number of thiazole rings is 1. The van der Waals surface area contributed by atoms with Crippen molar-refractivity contribution >= 4 is 22.9 Å². The molecule has 150 valence electrons. The van der Waals surface area contributed by atoms with Gasteiger partial charge < -0.3 is 14.4 Å². The van der Waals surface area contributed by atoms with Crippen LogP contribution in [0.2, 0.25) is 0 Å². The summed E-state index contributed by atoms with van der Waals surface area (Å²) in [6.45, 7) is 5.40. The number of hydrogen-bond acceptors (Lipinski definition) is 5. The maximum atomic E-state index is 12.5. The number of fused-ring (bicyclic) bond motifs is 1. The maximum Gasteiger partial charge on any atom is 0.265 e. The van der Waals surface area contributed by atoms with Crippen LogP contribution in [0.15, 0.2) is 47.8 Å². The molecule has 4 rings (SSSR count). The Balaban J connectivity index is 1.39. The second kappa shape index (κ2) is 8.66. The van der Waals surface area contributed by atoms with Crippen molar-refractivity contribution in [1.82, 2.24) is 4.98 Å². The number of carbonyl (C=O) groups is 1. The molecule has 6 heteroatoms. The first-order valence-corrected chi connectivity index (χ1v) is 10.7. The topological polar surface area (TPSA) is 51.7 Å². The molecule has 2 aromatic carbocycles. The number of aromatic nitrogens is 1. The first-order valence-electron chi connectivity index (χ1n) is 9.79. The standard InChI is InChI=1S/C23H24N2O3S/c1-16-6-5-7-19(12-16)27-11-4-3-10-25-21-13-18(20-15-29-17(2)24-20)8-9-22(21)28-14-23(25)26/h5-9,12-13,15H,3-4,10-11,14H2,1-2H3. The molecule has 0 atom stereocenters. The molecule has 1 aliphatic rings. The van der Waals surface area contributed by atoms with E-state index in [4.69, 9.17) is 9.47 Å². The number of unbranched alkanes of at least 4 members (excludes halogenated alkanes) is 1. The van der Waals surface area contributed by atoms with Crippen molar-refractivity contribution in [1.29, 1.82) is 0 Å². The Morgan fingerprint density at radius 2 is 2.07 bits per heavy atom. The molecule has 0 bridgehead atoms. The van der Waals surface area contributed by atoms with Gasteiger partial charge in [-0.05, 0) is 62.6 Å². The quantitative estimate of drug-likeness (QED) is 0.516. The first kappa shape index (κ1) is 19.5. The number of rotatable bonds is 7. The van der Waals surface area contributed by atoms with E-state index >= 15 is 0 Å². The zero-order valence-corrected chi connectivity index (χ0v) is 17.5. The maximum absolute atomic E-state index is 12.5. The SMILES string of the molecule is Cc1cccc(OCCCCN2C(=O)COc3ccc(-c4csc(C)n4)cc32)c1. The van der Waals surface area contributed by atoms with E-state index in [2.05, 4.69) is 18.0 Å². The molecule has 0 unspecified atom stereocenters. The van der Waals surface area contributed by atoms with E-state index in [0.29, 0.717) is 13.2 Å². The summed E-state index contributed by atoms with van der Waals surface area (Å²) in [5, 5.41) is 3.06. The van der Waals surface area contributed by atoms with Gasteiger partial charge in [0.25, 0.3) is 5.91 Å². The van der Waals surface area contributed by atoms with Crippen molar-refractivity contribution in [2.45, 2.75) is 26.7 Å². The molecular weight excluding hydrogens is 384 g/mol. The highest BCUT2D eigenvalue weighted by Gasteiger charge is 2.25. The van der Waals surface area contributed by atoms with E-state index in [1.807, 2.05) is 53.6 Å². The average Bonchev–Trinajstić information content (AvgIpc) is 3.15. The smallest absolute Gasteiger partial charge is 0.265 e. The molecule has 0 spiro atoms. The predicted octanol–water partition coefficient (Wildman–Crippen LogP) is 5.01. The summed E-state index contributed by atoms with van der Waals surface area (Å²) in [6.07, 6.45) is 1.73. The molecule has 2 heterocycles. The van der Waals surface area contributed by atoms with Crippen molar-refractivity contribution in [3.8, 4) is 22.8 Å². The highest BCUT2D eigenvalue weighted by atomic mass is 32.1. The molecule has 1 aromatic heterocycles. The Morgan fingerprint density at radius 1 is 1.17 bits per heavy atom. The van der Waals surface area contributed by atoms with Crippen LogP contribution in [0, 0.1) is 13.8 Å². The first-order chi connectivity index (χ1) is 14.1. The van der Waals surface area contributed by atoms with E-state index in [9.17, 15) is 4.79 Å². The van der Waals surface area contributed by atoms with E-state index in [1.54, 1.807) is 11.3 Å². The number of carbonyl (C=O) groups excluding carboxylic acids is 1. The van der Waals surface area contributed by atoms with Gasteiger partial charge in [0.2, 0.25) is 0 Å². The molecule has 0 fully saturated rings. The lowest BCUT2D eigenvalue weighted by atomic mass is 10.1. The summed E-state index contributed by atoms with van der Waals surface area (Å²) < 4.78 is 11.4. The number of benzene rings is 2. The third-order valence-electron chi connectivity index (χ3n) is 4.85. The lowest BCUT2D eigenvalue weighted by molar-refractivity contribution is -0.121. The molecule has 5 nitrogen and oxygen atoms in total. The van der Waals surface area contributed by atoms with Crippen LogP contribution >= 0.6 is 11.3 Å². The fourth-order valence-electron chi connectivity index (χ4n) is 3.37. The summed E-state index contributed by atoms with van der Waals surface area (Å²) in [4.78, 5) is 18.9. The van der Waals surface area contributed by atoms with Gasteiger partial charge in [0.15, 0.2) is 6.61 Å². The highest BCUT2D eigenvalue weighted by Crippen LogP contribution is 2.36. The van der Waals surface area contributed by atoms with Crippen LogP contribution in [0.4, 0.5) is 5.69 Å². The summed E-state index contributed by atoms with van der Waals surface area (Å²) in [5.74, 6) is 1.63. The summed E-state index contributed by atoms with van der Waals surface area (Å²) >= 11 is 1.62. The van der Waals surface area contributed by atoms with E-state index in [1.165, 1.54) is 5.56 Å². The van der Waals surface area contributed by atoms with Gasteiger partial charge in [0.1, 0.15) is 11.5 Å². The number of nitrogens with zero attached hydrogens (tertiary/aromatic N) is 2. The molecular formula is C23H24N2O3S. The Kier molecular flexibility index (Phi) is 5.81. The molecule has 0 radical (unpaired) electrons. The van der Waals surface area contributed by atoms with Crippen LogP contribution in [0.5, 0.6) is 11.5 Å². The van der Waals surface area contributed by atoms with E-state index < -0.39 is 0 Å². The fraction of sp³-hybridized carbons (Fsp3) is 0.304. The molecule has 1 aliphatic heterocycles. The Morgan fingerprint density at radius 3 is 2.86 bits per heavy atom. The van der Waals surface area contributed by atoms with Crippen LogP contribution in [0.1, 0.15) is 23.4 Å². The molecule has 3 aromatic rings. The Labute approximate surface area is 174 Å². The van der Waals surface area contributed by atoms with Crippen molar-refractivity contribution in [3.05, 3.63) is 58.4 Å². The van der Waals surface area contributed by atoms with Gasteiger partial charge in [0, 0.05) is 17.5 Å². The van der Waals surface area contributed by atoms with Crippen molar-refractivity contribution < 1.29 is 14.3 Å². The van der Waals surface area contributed by atoms with Crippen molar-refractivity contribution in [3.63, 3.8) is 0 Å². The Hall–Kier alpha value is -2.86. The van der Waals surface area contributed by atoms with E-state index in [-0.39, 0.29) is 12.5 Å². The number of anilines is 1. The second-order valence-electron chi connectivity index (χ2n) is 7.14. The molecule has 0 saturated carbocycles. The second-order valence-corrected chi connectivity index (χ2v) is 8.20. The summed E-state index contributed by atoms with van der Waals surface area (Å²) in [5.41, 5.74) is 3.94. The number of hydrogen-bond donors (Lipinski definition) is 0. The normalized spacial score (nSPS) is 13.2. The minimum absolute atomic E-state index is 0.0105. The molecule has 0 N–H and O–H groups in total. The molecule has 29 heavy (non-hydrogen) atoms. The van der Waals surface area contributed by atoms with Gasteiger partial charge in [-0.25, -0.2) is 4.98 Å². The van der Waals surface area contributed by atoms with Crippen LogP contribution < -0.4 is 14.4 Å². The van der Waals surface area contributed by atoms with Crippen LogP contribution in [-0.4, -0.2) is 30.6 Å². The fourth-order valence-corrected chi connectivity index (χ4v) is 3.99. The van der Waals surface area contributed by atoms with Gasteiger partial charge in [-0.3, -0.25) is 4.79 Å². The van der Waals surface area contributed by atoms with Gasteiger partial charge in [-0.15, -0.1) is 11.3 Å². The van der Waals surface area contributed by atoms with Crippen molar-refractivity contribution in [2.24, 2.45) is 0 Å². The summed E-state index contributed by atoms with van der Waals surface area (Å²) in [7, 11) is 0. The largest absolute Gasteiger partial charge is 0.494 e. The third-order valence-corrected chi connectivity index (χ3v) is 5.62. The summed E-state index contributed by atoms with van der Waals surface area (Å²) in [6, 6.07) is 14.0. The lowest BCUT2D eigenvalue weighted by Gasteiger charge is -2.29. The highest BCUT2D eigenvalue weighted by molar-refractivity contribution is 7.09. The van der Waals surface area contributed by atoms with Crippen LogP contribution in [0.3, 0.4) is 0 Å². The number of amides is 1. The van der Waals surface area contributed by atoms with Crippen molar-refractivity contribution in [2.75, 3.05) is 24.7 Å². The third kappa shape index (κ3) is 4.59. The minimum Gasteiger partial charge on any atom is -0.494 e. The Bertz CT molecular complexity index is 1010. The van der Waals surface area contributed by atoms with Gasteiger partial charge in [0.05, 0.1) is 23.0 Å². The van der Waals surface area contributed by atoms with Gasteiger partial charge >= 0.3 is 0 Å². The monoisotopic (exact) mass is 408 g/mol. The number of aryl methyl sites for hydroxylation is 2. The average molecular weight is 409 g/mol. The van der Waals surface area contributed by atoms with E-state index in [0.717, 1.165) is 46.3 Å².